The van der Waals surface area contributed by atoms with Crippen LogP contribution in [-0.2, 0) is 11.3 Å². The third-order valence-electron chi connectivity index (χ3n) is 5.23. The van der Waals surface area contributed by atoms with E-state index in [1.807, 2.05) is 12.1 Å². The number of carbonyl (C=O) groups excluding carboxylic acids is 1. The van der Waals surface area contributed by atoms with E-state index in [1.165, 1.54) is 7.11 Å². The SMILES string of the molecule is COc1cc(F)c(F)cc1-c1ccc(OCc2ccc3c(c2)C(N)N(C(=O)OC(C)(C)C)O3)cc1. The highest BCUT2D eigenvalue weighted by atomic mass is 19.2. The molecule has 1 amide bonds. The number of hydrogen-bond acceptors (Lipinski definition) is 6. The van der Waals surface area contributed by atoms with Crippen LogP contribution in [0, 0.1) is 11.6 Å². The molecule has 0 spiro atoms. The fourth-order valence-corrected chi connectivity index (χ4v) is 3.57. The Morgan fingerprint density at radius 3 is 2.40 bits per heavy atom. The van der Waals surface area contributed by atoms with Gasteiger partial charge in [0.25, 0.3) is 0 Å². The number of rotatable bonds is 5. The molecular formula is C26H26F2N2O5. The molecule has 35 heavy (non-hydrogen) atoms. The summed E-state index contributed by atoms with van der Waals surface area (Å²) in [6.07, 6.45) is -1.48. The van der Waals surface area contributed by atoms with Crippen molar-refractivity contribution in [3.8, 4) is 28.4 Å². The van der Waals surface area contributed by atoms with Gasteiger partial charge < -0.3 is 24.8 Å². The molecule has 0 bridgehead atoms. The molecule has 0 radical (unpaired) electrons. The van der Waals surface area contributed by atoms with E-state index in [1.54, 1.807) is 51.1 Å². The van der Waals surface area contributed by atoms with Crippen molar-refractivity contribution < 1.29 is 32.6 Å². The average molecular weight is 484 g/mol. The largest absolute Gasteiger partial charge is 0.496 e. The number of nitrogens with zero attached hydrogens (tertiary/aromatic N) is 1. The average Bonchev–Trinajstić information content (AvgIpc) is 3.14. The number of carbonyl (C=O) groups is 1. The lowest BCUT2D eigenvalue weighted by Gasteiger charge is -2.25. The number of amides is 1. The molecular weight excluding hydrogens is 458 g/mol. The third-order valence-corrected chi connectivity index (χ3v) is 5.23. The number of nitrogens with two attached hydrogens (primary N) is 1. The minimum atomic E-state index is -0.973. The number of hydroxylamine groups is 2. The monoisotopic (exact) mass is 484 g/mol. The van der Waals surface area contributed by atoms with E-state index in [4.69, 9.17) is 24.8 Å². The Hall–Kier alpha value is -3.85. The van der Waals surface area contributed by atoms with Gasteiger partial charge in [0.2, 0.25) is 0 Å². The maximum absolute atomic E-state index is 13.7. The number of methoxy groups -OCH3 is 1. The zero-order valence-electron chi connectivity index (χ0n) is 19.8. The molecule has 1 aliphatic heterocycles. The number of ether oxygens (including phenoxy) is 3. The Morgan fingerprint density at radius 2 is 1.74 bits per heavy atom. The van der Waals surface area contributed by atoms with Crippen LogP contribution in [0.25, 0.3) is 11.1 Å². The van der Waals surface area contributed by atoms with Crippen molar-refractivity contribution in [1.29, 1.82) is 0 Å². The summed E-state index contributed by atoms with van der Waals surface area (Å²) in [5.41, 5.74) is 8.06. The summed E-state index contributed by atoms with van der Waals surface area (Å²) < 4.78 is 43.6. The van der Waals surface area contributed by atoms with Crippen molar-refractivity contribution in [3.05, 3.63) is 77.4 Å². The quantitative estimate of drug-likeness (QED) is 0.499. The van der Waals surface area contributed by atoms with Gasteiger partial charge in [0.15, 0.2) is 23.5 Å². The molecule has 3 aromatic carbocycles. The van der Waals surface area contributed by atoms with Gasteiger partial charge in [-0.05, 0) is 62.2 Å². The number of benzene rings is 3. The molecule has 184 valence electrons. The third kappa shape index (κ3) is 5.30. The predicted octanol–water partition coefficient (Wildman–Crippen LogP) is 5.72. The normalized spacial score (nSPS) is 14.8. The second kappa shape index (κ2) is 9.42. The topological polar surface area (TPSA) is 83.3 Å². The molecule has 2 N–H and O–H groups in total. The van der Waals surface area contributed by atoms with Crippen molar-refractivity contribution in [2.45, 2.75) is 39.1 Å². The van der Waals surface area contributed by atoms with Crippen LogP contribution >= 0.6 is 0 Å². The van der Waals surface area contributed by atoms with Crippen LogP contribution in [-0.4, -0.2) is 23.9 Å². The molecule has 0 saturated heterocycles. The Balaban J connectivity index is 1.43. The van der Waals surface area contributed by atoms with Crippen LogP contribution in [0.2, 0.25) is 0 Å². The van der Waals surface area contributed by atoms with Crippen molar-refractivity contribution in [2.75, 3.05) is 7.11 Å². The maximum Gasteiger partial charge on any atom is 0.445 e. The minimum absolute atomic E-state index is 0.231. The molecule has 1 atom stereocenters. The van der Waals surface area contributed by atoms with E-state index < -0.39 is 29.5 Å². The van der Waals surface area contributed by atoms with E-state index >= 15 is 0 Å². The summed E-state index contributed by atoms with van der Waals surface area (Å²) in [6.45, 7) is 5.52. The summed E-state index contributed by atoms with van der Waals surface area (Å²) in [4.78, 5) is 17.9. The van der Waals surface area contributed by atoms with Crippen LogP contribution < -0.4 is 20.0 Å². The number of fused-ring (bicyclic) bond motifs is 1. The maximum atomic E-state index is 13.7. The Bertz CT molecular complexity index is 1240. The highest BCUT2D eigenvalue weighted by Gasteiger charge is 2.36. The predicted molar refractivity (Wildman–Crippen MR) is 125 cm³/mol. The lowest BCUT2D eigenvalue weighted by molar-refractivity contribution is -0.0793. The van der Waals surface area contributed by atoms with E-state index in [0.717, 1.165) is 22.8 Å². The highest BCUT2D eigenvalue weighted by Crippen LogP contribution is 2.36. The number of halogens is 2. The Morgan fingerprint density at radius 1 is 1.06 bits per heavy atom. The smallest absolute Gasteiger partial charge is 0.445 e. The van der Waals surface area contributed by atoms with Crippen LogP contribution in [0.5, 0.6) is 17.2 Å². The van der Waals surface area contributed by atoms with E-state index in [0.29, 0.717) is 28.2 Å². The minimum Gasteiger partial charge on any atom is -0.496 e. The highest BCUT2D eigenvalue weighted by molar-refractivity contribution is 5.71. The van der Waals surface area contributed by atoms with E-state index in [9.17, 15) is 13.6 Å². The summed E-state index contributed by atoms with van der Waals surface area (Å²) in [5.74, 6) is -0.650. The molecule has 1 unspecified atom stereocenters. The molecule has 0 aliphatic carbocycles. The van der Waals surface area contributed by atoms with Gasteiger partial charge in [0.1, 0.15) is 23.7 Å². The van der Waals surface area contributed by atoms with Gasteiger partial charge in [-0.3, -0.25) is 0 Å². The fraction of sp³-hybridized carbons (Fsp3) is 0.269. The second-order valence-corrected chi connectivity index (χ2v) is 8.99. The summed E-state index contributed by atoms with van der Waals surface area (Å²) in [7, 11) is 1.40. The first-order valence-electron chi connectivity index (χ1n) is 10.9. The Labute approximate surface area is 201 Å². The van der Waals surface area contributed by atoms with Crippen LogP contribution in [0.4, 0.5) is 13.6 Å². The standard InChI is InChI=1S/C26H26F2N2O5/c1-26(2,3)34-25(31)30-24(29)19-11-15(5-10-22(19)35-30)14-33-17-8-6-16(7-9-17)18-12-20(27)21(28)13-23(18)32-4/h5-13,24H,14,29H2,1-4H3. The fourth-order valence-electron chi connectivity index (χ4n) is 3.57. The molecule has 4 rings (SSSR count). The van der Waals surface area contributed by atoms with Crippen molar-refractivity contribution in [1.82, 2.24) is 5.06 Å². The van der Waals surface area contributed by atoms with Crippen molar-refractivity contribution >= 4 is 6.09 Å². The van der Waals surface area contributed by atoms with Crippen molar-refractivity contribution in [2.24, 2.45) is 5.73 Å². The summed E-state index contributed by atoms with van der Waals surface area (Å²) >= 11 is 0. The first-order chi connectivity index (χ1) is 16.6. The molecule has 0 fully saturated rings. The zero-order chi connectivity index (χ0) is 25.3. The van der Waals surface area contributed by atoms with Gasteiger partial charge in [-0.15, -0.1) is 5.06 Å². The molecule has 1 heterocycles. The lowest BCUT2D eigenvalue weighted by atomic mass is 10.0. The second-order valence-electron chi connectivity index (χ2n) is 8.99. The van der Waals surface area contributed by atoms with Crippen LogP contribution in [0.3, 0.4) is 0 Å². The van der Waals surface area contributed by atoms with Gasteiger partial charge in [-0.1, -0.05) is 18.2 Å². The first-order valence-corrected chi connectivity index (χ1v) is 10.9. The van der Waals surface area contributed by atoms with Gasteiger partial charge in [-0.25, -0.2) is 13.6 Å². The lowest BCUT2D eigenvalue weighted by Crippen LogP contribution is -2.41. The summed E-state index contributed by atoms with van der Waals surface area (Å²) in [5, 5.41) is 1.01. The van der Waals surface area contributed by atoms with Gasteiger partial charge in [0.05, 0.1) is 7.11 Å². The number of hydrogen-bond donors (Lipinski definition) is 1. The van der Waals surface area contributed by atoms with Gasteiger partial charge >= 0.3 is 6.09 Å². The van der Waals surface area contributed by atoms with E-state index in [2.05, 4.69) is 0 Å². The van der Waals surface area contributed by atoms with Crippen LogP contribution in [0.15, 0.2) is 54.6 Å². The van der Waals surface area contributed by atoms with Gasteiger partial charge in [0, 0.05) is 17.2 Å². The molecule has 1 aliphatic rings. The molecule has 7 nitrogen and oxygen atoms in total. The summed E-state index contributed by atoms with van der Waals surface area (Å²) in [6, 6.07) is 14.4. The van der Waals surface area contributed by atoms with Crippen LogP contribution in [0.1, 0.15) is 38.1 Å². The van der Waals surface area contributed by atoms with E-state index in [-0.39, 0.29) is 12.4 Å². The van der Waals surface area contributed by atoms with Crippen molar-refractivity contribution in [3.63, 3.8) is 0 Å². The molecule has 0 aromatic heterocycles. The molecule has 9 heteroatoms. The Kier molecular flexibility index (Phi) is 6.53. The molecule has 0 saturated carbocycles. The molecule has 3 aromatic rings. The zero-order valence-corrected chi connectivity index (χ0v) is 19.8. The first kappa shape index (κ1) is 24.3. The van der Waals surface area contributed by atoms with Gasteiger partial charge in [-0.2, -0.15) is 0 Å².